The third-order valence-corrected chi connectivity index (χ3v) is 2.36. The second kappa shape index (κ2) is 5.60. The first-order valence-electron chi connectivity index (χ1n) is 5.52. The van der Waals surface area contributed by atoms with E-state index in [0.29, 0.717) is 23.8 Å². The maximum atomic E-state index is 8.98. The van der Waals surface area contributed by atoms with Crippen molar-refractivity contribution in [3.63, 3.8) is 0 Å². The highest BCUT2D eigenvalue weighted by molar-refractivity contribution is 5.60. The van der Waals surface area contributed by atoms with E-state index in [2.05, 4.69) is 27.9 Å². The minimum atomic E-state index is 0.427. The largest absolute Gasteiger partial charge is 0.365 e. The van der Waals surface area contributed by atoms with Gasteiger partial charge in [0.05, 0.1) is 6.20 Å². The molecule has 0 saturated carbocycles. The molecule has 0 aliphatic heterocycles. The molecule has 0 saturated heterocycles. The Morgan fingerprint density at radius 2 is 2.11 bits per heavy atom. The summed E-state index contributed by atoms with van der Waals surface area (Å²) in [5.74, 6) is 1.13. The summed E-state index contributed by atoms with van der Waals surface area (Å²) in [6, 6.07) is 11.7. The van der Waals surface area contributed by atoms with Gasteiger partial charge in [-0.3, -0.25) is 0 Å². The molecule has 1 heterocycles. The summed E-state index contributed by atoms with van der Waals surface area (Å²) in [4.78, 5) is 8.55. The molecule has 88 valence electrons. The smallest absolute Gasteiger partial charge is 0.161 e. The molecule has 4 nitrogen and oxygen atoms in total. The van der Waals surface area contributed by atoms with Gasteiger partial charge in [-0.05, 0) is 0 Å². The van der Waals surface area contributed by atoms with Crippen molar-refractivity contribution in [1.29, 1.82) is 5.26 Å². The molecule has 1 N–H and O–H groups in total. The fraction of sp³-hybridized carbons (Fsp3) is 0.0714. The number of benzene rings is 1. The van der Waals surface area contributed by atoms with Crippen LogP contribution in [-0.2, 0) is 0 Å². The molecule has 0 bridgehead atoms. The van der Waals surface area contributed by atoms with Gasteiger partial charge in [0.25, 0.3) is 0 Å². The Hall–Kier alpha value is -2.67. The maximum Gasteiger partial charge on any atom is 0.161 e. The fourth-order valence-corrected chi connectivity index (χ4v) is 1.49. The van der Waals surface area contributed by atoms with Crippen LogP contribution in [0.4, 0.5) is 5.82 Å². The Balaban J connectivity index is 2.40. The van der Waals surface area contributed by atoms with Crippen LogP contribution in [0.5, 0.6) is 0 Å². The van der Waals surface area contributed by atoms with Crippen LogP contribution in [0.2, 0.25) is 0 Å². The minimum absolute atomic E-state index is 0.427. The monoisotopic (exact) mass is 236 g/mol. The van der Waals surface area contributed by atoms with E-state index in [0.717, 1.165) is 5.56 Å². The highest BCUT2D eigenvalue weighted by Gasteiger charge is 2.07. The lowest BCUT2D eigenvalue weighted by atomic mass is 10.2. The Labute approximate surface area is 106 Å². The third-order valence-electron chi connectivity index (χ3n) is 2.36. The van der Waals surface area contributed by atoms with Gasteiger partial charge < -0.3 is 5.32 Å². The number of anilines is 1. The SMILES string of the molecule is C=CCNc1nc(-c2ccccc2)ncc1C#N. The average Bonchev–Trinajstić information content (AvgIpc) is 2.45. The summed E-state index contributed by atoms with van der Waals surface area (Å²) in [5.41, 5.74) is 1.35. The number of nitrogens with one attached hydrogen (secondary N) is 1. The molecule has 0 fully saturated rings. The normalized spacial score (nSPS) is 9.50. The van der Waals surface area contributed by atoms with Crippen molar-refractivity contribution in [3.05, 3.63) is 54.7 Å². The van der Waals surface area contributed by atoms with Crippen LogP contribution >= 0.6 is 0 Å². The zero-order valence-electron chi connectivity index (χ0n) is 9.80. The quantitative estimate of drug-likeness (QED) is 0.829. The van der Waals surface area contributed by atoms with E-state index >= 15 is 0 Å². The zero-order chi connectivity index (χ0) is 12.8. The van der Waals surface area contributed by atoms with Crippen molar-refractivity contribution in [3.8, 4) is 17.5 Å². The van der Waals surface area contributed by atoms with Crippen molar-refractivity contribution >= 4 is 5.82 Å². The summed E-state index contributed by atoms with van der Waals surface area (Å²) < 4.78 is 0. The zero-order valence-corrected chi connectivity index (χ0v) is 9.80. The first-order chi connectivity index (χ1) is 8.85. The molecular formula is C14H12N4. The molecular weight excluding hydrogens is 224 g/mol. The van der Waals surface area contributed by atoms with Crippen LogP contribution < -0.4 is 5.32 Å². The van der Waals surface area contributed by atoms with Crippen LogP contribution in [0, 0.1) is 11.3 Å². The summed E-state index contributed by atoms with van der Waals surface area (Å²) in [7, 11) is 0. The first kappa shape index (κ1) is 11.8. The second-order valence-corrected chi connectivity index (χ2v) is 3.60. The Bertz CT molecular complexity index is 584. The summed E-state index contributed by atoms with van der Waals surface area (Å²) in [6.07, 6.45) is 3.24. The first-order valence-corrected chi connectivity index (χ1v) is 5.52. The summed E-state index contributed by atoms with van der Waals surface area (Å²) >= 11 is 0. The highest BCUT2D eigenvalue weighted by Crippen LogP contribution is 2.18. The minimum Gasteiger partial charge on any atom is -0.365 e. The molecule has 0 aliphatic carbocycles. The van der Waals surface area contributed by atoms with Crippen LogP contribution in [-0.4, -0.2) is 16.5 Å². The standard InChI is InChI=1S/C14H12N4/c1-2-8-16-14-12(9-15)10-17-13(18-14)11-6-4-3-5-7-11/h2-7,10H,1,8H2,(H,16,17,18). The van der Waals surface area contributed by atoms with Gasteiger partial charge in [0.2, 0.25) is 0 Å². The van der Waals surface area contributed by atoms with Gasteiger partial charge in [-0.1, -0.05) is 36.4 Å². The van der Waals surface area contributed by atoms with Crippen LogP contribution in [0.15, 0.2) is 49.2 Å². The average molecular weight is 236 g/mol. The molecule has 1 aromatic carbocycles. The van der Waals surface area contributed by atoms with Gasteiger partial charge in [0.1, 0.15) is 17.5 Å². The topological polar surface area (TPSA) is 61.6 Å². The van der Waals surface area contributed by atoms with Crippen LogP contribution in [0.3, 0.4) is 0 Å². The molecule has 1 aromatic heterocycles. The van der Waals surface area contributed by atoms with E-state index in [1.807, 2.05) is 30.3 Å². The van der Waals surface area contributed by atoms with Crippen molar-refractivity contribution in [2.45, 2.75) is 0 Å². The van der Waals surface area contributed by atoms with E-state index in [-0.39, 0.29) is 0 Å². The number of hydrogen-bond acceptors (Lipinski definition) is 4. The highest BCUT2D eigenvalue weighted by atomic mass is 15.0. The fourth-order valence-electron chi connectivity index (χ4n) is 1.49. The molecule has 0 aliphatic rings. The molecule has 2 aromatic rings. The predicted octanol–water partition coefficient (Wildman–Crippen LogP) is 2.61. The molecule has 0 spiro atoms. The van der Waals surface area contributed by atoms with Crippen molar-refractivity contribution in [2.75, 3.05) is 11.9 Å². The van der Waals surface area contributed by atoms with Crippen LogP contribution in [0.1, 0.15) is 5.56 Å². The Kier molecular flexibility index (Phi) is 3.67. The lowest BCUT2D eigenvalue weighted by Crippen LogP contribution is -2.04. The van der Waals surface area contributed by atoms with Gasteiger partial charge in [-0.25, -0.2) is 9.97 Å². The lowest BCUT2D eigenvalue weighted by molar-refractivity contribution is 1.13. The van der Waals surface area contributed by atoms with E-state index < -0.39 is 0 Å². The molecule has 0 unspecified atom stereocenters. The lowest BCUT2D eigenvalue weighted by Gasteiger charge is -2.06. The van der Waals surface area contributed by atoms with Crippen LogP contribution in [0.25, 0.3) is 11.4 Å². The van der Waals surface area contributed by atoms with Gasteiger partial charge in [-0.15, -0.1) is 6.58 Å². The second-order valence-electron chi connectivity index (χ2n) is 3.60. The van der Waals surface area contributed by atoms with Crippen molar-refractivity contribution in [1.82, 2.24) is 9.97 Å². The van der Waals surface area contributed by atoms with E-state index in [1.54, 1.807) is 6.08 Å². The molecule has 0 radical (unpaired) electrons. The number of nitriles is 1. The van der Waals surface area contributed by atoms with E-state index in [1.165, 1.54) is 6.20 Å². The molecule has 0 amide bonds. The Morgan fingerprint density at radius 3 is 2.78 bits per heavy atom. The molecule has 2 rings (SSSR count). The number of aromatic nitrogens is 2. The van der Waals surface area contributed by atoms with Gasteiger partial charge in [-0.2, -0.15) is 5.26 Å². The van der Waals surface area contributed by atoms with Gasteiger partial charge in [0, 0.05) is 12.1 Å². The third kappa shape index (κ3) is 2.53. The molecule has 18 heavy (non-hydrogen) atoms. The Morgan fingerprint density at radius 1 is 1.33 bits per heavy atom. The van der Waals surface area contributed by atoms with Crippen molar-refractivity contribution in [2.24, 2.45) is 0 Å². The van der Waals surface area contributed by atoms with E-state index in [9.17, 15) is 0 Å². The van der Waals surface area contributed by atoms with Gasteiger partial charge >= 0.3 is 0 Å². The van der Waals surface area contributed by atoms with Gasteiger partial charge in [0.15, 0.2) is 5.82 Å². The summed E-state index contributed by atoms with van der Waals surface area (Å²) in [6.45, 7) is 4.18. The van der Waals surface area contributed by atoms with Crippen molar-refractivity contribution < 1.29 is 0 Å². The maximum absolute atomic E-state index is 8.98. The summed E-state index contributed by atoms with van der Waals surface area (Å²) in [5, 5.41) is 12.0. The number of hydrogen-bond donors (Lipinski definition) is 1. The molecule has 0 atom stereocenters. The molecule has 4 heteroatoms. The number of rotatable bonds is 4. The van der Waals surface area contributed by atoms with E-state index in [4.69, 9.17) is 5.26 Å². The predicted molar refractivity (Wildman–Crippen MR) is 70.9 cm³/mol. The number of nitrogens with zero attached hydrogens (tertiary/aromatic N) is 3.